The first-order valence-electron chi connectivity index (χ1n) is 9.87. The summed E-state index contributed by atoms with van der Waals surface area (Å²) in [5.74, 6) is 0.305. The van der Waals surface area contributed by atoms with Crippen molar-refractivity contribution in [2.45, 2.75) is 19.4 Å². The minimum absolute atomic E-state index is 0.0928. The number of ether oxygens (including phenoxy) is 1. The van der Waals surface area contributed by atoms with Crippen LogP contribution in [0.15, 0.2) is 79.1 Å². The van der Waals surface area contributed by atoms with E-state index in [0.717, 1.165) is 17.5 Å². The molecule has 2 N–H and O–H groups in total. The molecule has 0 radical (unpaired) electrons. The van der Waals surface area contributed by atoms with Crippen molar-refractivity contribution in [3.63, 3.8) is 0 Å². The van der Waals surface area contributed by atoms with Gasteiger partial charge < -0.3 is 15.4 Å². The molecule has 0 aliphatic rings. The van der Waals surface area contributed by atoms with Crippen LogP contribution < -0.4 is 15.4 Å². The van der Waals surface area contributed by atoms with Crippen LogP contribution in [0, 0.1) is 0 Å². The van der Waals surface area contributed by atoms with E-state index in [1.807, 2.05) is 54.6 Å². The molecule has 154 valence electrons. The van der Waals surface area contributed by atoms with E-state index in [1.165, 1.54) is 5.56 Å². The number of carbonyl (C=O) groups is 2. The molecule has 3 aromatic rings. The molecule has 6 nitrogen and oxygen atoms in total. The monoisotopic (exact) mass is 403 g/mol. The normalized spacial score (nSPS) is 10.3. The Balaban J connectivity index is 1.38. The van der Waals surface area contributed by atoms with Gasteiger partial charge in [0.1, 0.15) is 5.75 Å². The molecular weight excluding hydrogens is 378 g/mol. The summed E-state index contributed by atoms with van der Waals surface area (Å²) in [5, 5.41) is 5.53. The summed E-state index contributed by atoms with van der Waals surface area (Å²) < 4.78 is 5.72. The van der Waals surface area contributed by atoms with Crippen molar-refractivity contribution in [2.75, 3.05) is 13.2 Å². The summed E-state index contributed by atoms with van der Waals surface area (Å²) in [7, 11) is 0. The second-order valence-electron chi connectivity index (χ2n) is 6.79. The number of aromatic nitrogens is 1. The lowest BCUT2D eigenvalue weighted by Gasteiger charge is -2.12. The predicted molar refractivity (Wildman–Crippen MR) is 115 cm³/mol. The van der Waals surface area contributed by atoms with Crippen LogP contribution in [0.3, 0.4) is 0 Å². The lowest BCUT2D eigenvalue weighted by Crippen LogP contribution is -2.33. The van der Waals surface area contributed by atoms with Gasteiger partial charge in [0.15, 0.2) is 6.61 Å². The molecule has 1 aromatic heterocycles. The average molecular weight is 403 g/mol. The number of amides is 2. The van der Waals surface area contributed by atoms with Crippen molar-refractivity contribution in [3.8, 4) is 5.75 Å². The Hall–Kier alpha value is -3.67. The molecule has 0 unspecified atom stereocenters. The Kier molecular flexibility index (Phi) is 7.97. The molecule has 2 aromatic carbocycles. The summed E-state index contributed by atoms with van der Waals surface area (Å²) >= 11 is 0. The molecule has 0 bridgehead atoms. The van der Waals surface area contributed by atoms with Gasteiger partial charge in [0.2, 0.25) is 5.91 Å². The largest absolute Gasteiger partial charge is 0.483 e. The quantitative estimate of drug-likeness (QED) is 0.546. The first-order valence-corrected chi connectivity index (χ1v) is 9.87. The highest BCUT2D eigenvalue weighted by molar-refractivity contribution is 5.79. The molecule has 30 heavy (non-hydrogen) atoms. The molecular formula is C24H25N3O3. The highest BCUT2D eigenvalue weighted by atomic mass is 16.5. The highest BCUT2D eigenvalue weighted by Gasteiger charge is 2.08. The Morgan fingerprint density at radius 3 is 2.33 bits per heavy atom. The second-order valence-corrected chi connectivity index (χ2v) is 6.79. The fraction of sp³-hybridized carbons (Fsp3) is 0.208. The van der Waals surface area contributed by atoms with Gasteiger partial charge in [0, 0.05) is 38.3 Å². The minimum Gasteiger partial charge on any atom is -0.483 e. The summed E-state index contributed by atoms with van der Waals surface area (Å²) in [6.45, 7) is 0.608. The van der Waals surface area contributed by atoms with Crippen LogP contribution in [0.4, 0.5) is 0 Å². The van der Waals surface area contributed by atoms with E-state index >= 15 is 0 Å². The van der Waals surface area contributed by atoms with Gasteiger partial charge in [0.25, 0.3) is 5.91 Å². The lowest BCUT2D eigenvalue weighted by atomic mass is 10.0. The number of carbonyl (C=O) groups excluding carboxylic acids is 2. The van der Waals surface area contributed by atoms with Gasteiger partial charge in [-0.15, -0.1) is 0 Å². The third-order valence-corrected chi connectivity index (χ3v) is 4.48. The van der Waals surface area contributed by atoms with Crippen molar-refractivity contribution in [2.24, 2.45) is 0 Å². The third-order valence-electron chi connectivity index (χ3n) is 4.48. The van der Waals surface area contributed by atoms with Crippen LogP contribution >= 0.6 is 0 Å². The smallest absolute Gasteiger partial charge is 0.257 e. The van der Waals surface area contributed by atoms with E-state index in [1.54, 1.807) is 12.4 Å². The number of hydrogen-bond acceptors (Lipinski definition) is 4. The average Bonchev–Trinajstić information content (AvgIpc) is 2.78. The zero-order valence-electron chi connectivity index (χ0n) is 16.7. The fourth-order valence-electron chi connectivity index (χ4n) is 2.91. The Bertz CT molecular complexity index is 946. The summed E-state index contributed by atoms with van der Waals surface area (Å²) in [6.07, 6.45) is 4.30. The van der Waals surface area contributed by atoms with E-state index in [2.05, 4.69) is 27.8 Å². The summed E-state index contributed by atoms with van der Waals surface area (Å²) in [6, 6.07) is 21.5. The Morgan fingerprint density at radius 2 is 1.53 bits per heavy atom. The lowest BCUT2D eigenvalue weighted by molar-refractivity contribution is -0.123. The van der Waals surface area contributed by atoms with Gasteiger partial charge >= 0.3 is 0 Å². The van der Waals surface area contributed by atoms with Crippen molar-refractivity contribution in [1.29, 1.82) is 0 Å². The van der Waals surface area contributed by atoms with Crippen LogP contribution in [0.25, 0.3) is 0 Å². The second kappa shape index (κ2) is 11.4. The summed E-state index contributed by atoms with van der Waals surface area (Å²) in [5.41, 5.74) is 3.17. The topological polar surface area (TPSA) is 80.3 Å². The van der Waals surface area contributed by atoms with E-state index in [-0.39, 0.29) is 31.4 Å². The zero-order valence-corrected chi connectivity index (χ0v) is 16.7. The van der Waals surface area contributed by atoms with Gasteiger partial charge in [-0.1, -0.05) is 48.5 Å². The van der Waals surface area contributed by atoms with Crippen LogP contribution in [0.2, 0.25) is 0 Å². The van der Waals surface area contributed by atoms with Crippen molar-refractivity contribution >= 4 is 11.8 Å². The number of nitrogens with one attached hydrogen (secondary N) is 2. The number of hydrogen-bond donors (Lipinski definition) is 2. The first kappa shape index (κ1) is 21.0. The molecule has 0 aliphatic carbocycles. The zero-order chi connectivity index (χ0) is 21.0. The van der Waals surface area contributed by atoms with E-state index in [0.29, 0.717) is 12.3 Å². The number of pyridine rings is 1. The van der Waals surface area contributed by atoms with E-state index < -0.39 is 0 Å². The van der Waals surface area contributed by atoms with Crippen molar-refractivity contribution < 1.29 is 14.3 Å². The molecule has 0 saturated carbocycles. The highest BCUT2D eigenvalue weighted by Crippen LogP contribution is 2.21. The molecule has 3 rings (SSSR count). The Morgan fingerprint density at radius 1 is 0.800 bits per heavy atom. The Labute approximate surface area is 176 Å². The van der Waals surface area contributed by atoms with Crippen LogP contribution in [0.1, 0.15) is 23.1 Å². The van der Waals surface area contributed by atoms with Crippen LogP contribution in [-0.4, -0.2) is 29.9 Å². The maximum absolute atomic E-state index is 12.1. The first-order chi connectivity index (χ1) is 14.7. The molecule has 0 fully saturated rings. The van der Waals surface area contributed by atoms with E-state index in [9.17, 15) is 9.59 Å². The van der Waals surface area contributed by atoms with Crippen LogP contribution in [-0.2, 0) is 22.6 Å². The molecule has 0 aliphatic heterocycles. The van der Waals surface area contributed by atoms with Crippen LogP contribution in [0.5, 0.6) is 5.75 Å². The molecule has 0 spiro atoms. The van der Waals surface area contributed by atoms with Gasteiger partial charge in [-0.05, 0) is 34.9 Å². The third kappa shape index (κ3) is 7.05. The van der Waals surface area contributed by atoms with Gasteiger partial charge in [-0.25, -0.2) is 0 Å². The molecule has 1 heterocycles. The molecule has 2 amide bonds. The van der Waals surface area contributed by atoms with Gasteiger partial charge in [-0.2, -0.15) is 0 Å². The van der Waals surface area contributed by atoms with E-state index in [4.69, 9.17) is 4.74 Å². The van der Waals surface area contributed by atoms with Gasteiger partial charge in [-0.3, -0.25) is 14.6 Å². The number of benzene rings is 2. The number of nitrogens with zero attached hydrogens (tertiary/aromatic N) is 1. The fourth-order valence-corrected chi connectivity index (χ4v) is 2.91. The SMILES string of the molecule is O=C(CCNC(=O)COc1ccccc1Cc1ccccc1)NCc1ccncc1. The molecule has 6 heteroatoms. The molecule has 0 saturated heterocycles. The van der Waals surface area contributed by atoms with Crippen molar-refractivity contribution in [3.05, 3.63) is 95.8 Å². The predicted octanol–water partition coefficient (Wildman–Crippen LogP) is 2.87. The maximum Gasteiger partial charge on any atom is 0.257 e. The minimum atomic E-state index is -0.258. The number of para-hydroxylation sites is 1. The van der Waals surface area contributed by atoms with Crippen molar-refractivity contribution in [1.82, 2.24) is 15.6 Å². The summed E-state index contributed by atoms with van der Waals surface area (Å²) in [4.78, 5) is 27.9. The number of rotatable bonds is 10. The standard InChI is InChI=1S/C24H25N3O3/c28-23(27-17-20-10-13-25-14-11-20)12-15-26-24(29)18-30-22-9-5-4-8-21(22)16-19-6-2-1-3-7-19/h1-11,13-14H,12,15-18H2,(H,26,29)(H,27,28). The molecule has 0 atom stereocenters. The maximum atomic E-state index is 12.1. The van der Waals surface area contributed by atoms with Gasteiger partial charge in [0.05, 0.1) is 0 Å².